The molecular weight excluding hydrogens is 228 g/mol. The molecule has 0 spiro atoms. The summed E-state index contributed by atoms with van der Waals surface area (Å²) >= 11 is 6.10. The molecule has 0 saturated carbocycles. The molecule has 0 radical (unpaired) electrons. The largest absolute Gasteiger partial charge is 0.340 e. The molecule has 5 nitrogen and oxygen atoms in total. The van der Waals surface area contributed by atoms with E-state index in [9.17, 15) is 0 Å². The maximum atomic E-state index is 6.10. The van der Waals surface area contributed by atoms with Crippen molar-refractivity contribution in [1.82, 2.24) is 19.7 Å². The second-order valence-corrected chi connectivity index (χ2v) is 4.17. The fraction of sp³-hybridized carbons (Fsp3) is 0.500. The van der Waals surface area contributed by atoms with Crippen LogP contribution in [0.1, 0.15) is 31.0 Å². The van der Waals surface area contributed by atoms with Gasteiger partial charge in [0, 0.05) is 13.2 Å². The van der Waals surface area contributed by atoms with Crippen LogP contribution in [0.3, 0.4) is 0 Å². The molecule has 2 heterocycles. The van der Waals surface area contributed by atoms with Gasteiger partial charge in [0.1, 0.15) is 5.69 Å². The molecule has 0 amide bonds. The van der Waals surface area contributed by atoms with Crippen LogP contribution >= 0.6 is 11.6 Å². The minimum absolute atomic E-state index is 0.189. The Kier molecular flexibility index (Phi) is 3.24. The van der Waals surface area contributed by atoms with Crippen molar-refractivity contribution in [2.45, 2.75) is 25.1 Å². The van der Waals surface area contributed by atoms with Crippen LogP contribution in [0.2, 0.25) is 0 Å². The summed E-state index contributed by atoms with van der Waals surface area (Å²) in [7, 11) is 1.88. The van der Waals surface area contributed by atoms with Crippen molar-refractivity contribution < 1.29 is 4.52 Å². The quantitative estimate of drug-likeness (QED) is 0.771. The molecule has 0 aliphatic heterocycles. The Morgan fingerprint density at radius 1 is 1.56 bits per heavy atom. The minimum Gasteiger partial charge on any atom is -0.340 e. The Morgan fingerprint density at radius 3 is 3.00 bits per heavy atom. The Balaban J connectivity index is 2.19. The van der Waals surface area contributed by atoms with E-state index in [1.807, 2.05) is 17.8 Å². The van der Waals surface area contributed by atoms with E-state index in [1.54, 1.807) is 6.33 Å². The number of nitrogens with zero attached hydrogens (tertiary/aromatic N) is 4. The summed E-state index contributed by atoms with van der Waals surface area (Å²) in [5.74, 6) is 0.946. The standard InChI is InChI=1S/C10H13ClN4O/c1-3-4-7(11)9-13-10(16-14-9)8-5-15(2)6-12-8/h5-7H,3-4H2,1-2H3. The summed E-state index contributed by atoms with van der Waals surface area (Å²) < 4.78 is 6.93. The van der Waals surface area contributed by atoms with E-state index < -0.39 is 0 Å². The molecule has 16 heavy (non-hydrogen) atoms. The van der Waals surface area contributed by atoms with Crippen LogP contribution in [0.25, 0.3) is 11.6 Å². The van der Waals surface area contributed by atoms with E-state index in [1.165, 1.54) is 0 Å². The molecule has 2 aromatic rings. The number of imidazole rings is 1. The van der Waals surface area contributed by atoms with Crippen LogP contribution in [0, 0.1) is 0 Å². The molecule has 6 heteroatoms. The Labute approximate surface area is 98.4 Å². The number of hydrogen-bond donors (Lipinski definition) is 0. The van der Waals surface area contributed by atoms with Gasteiger partial charge in [-0.05, 0) is 6.42 Å². The number of alkyl halides is 1. The highest BCUT2D eigenvalue weighted by atomic mass is 35.5. The molecular formula is C10H13ClN4O. The molecule has 0 aliphatic carbocycles. The molecule has 0 N–H and O–H groups in total. The van der Waals surface area contributed by atoms with Gasteiger partial charge >= 0.3 is 0 Å². The average Bonchev–Trinajstić information content (AvgIpc) is 2.85. The molecule has 2 aromatic heterocycles. The normalized spacial score (nSPS) is 12.9. The van der Waals surface area contributed by atoms with Crippen molar-refractivity contribution in [3.05, 3.63) is 18.3 Å². The Bertz CT molecular complexity index is 465. The monoisotopic (exact) mass is 240 g/mol. The van der Waals surface area contributed by atoms with Gasteiger partial charge in [0.25, 0.3) is 5.89 Å². The van der Waals surface area contributed by atoms with E-state index in [4.69, 9.17) is 16.1 Å². The number of halogens is 1. The maximum Gasteiger partial charge on any atom is 0.278 e. The van der Waals surface area contributed by atoms with Gasteiger partial charge in [0.15, 0.2) is 5.82 Å². The molecule has 1 atom stereocenters. The summed E-state index contributed by atoms with van der Waals surface area (Å²) in [5.41, 5.74) is 0.668. The van der Waals surface area contributed by atoms with Crippen molar-refractivity contribution in [3.63, 3.8) is 0 Å². The molecule has 0 aliphatic rings. The van der Waals surface area contributed by atoms with Crippen molar-refractivity contribution in [2.24, 2.45) is 7.05 Å². The van der Waals surface area contributed by atoms with E-state index in [0.29, 0.717) is 17.4 Å². The zero-order chi connectivity index (χ0) is 11.5. The fourth-order valence-electron chi connectivity index (χ4n) is 1.37. The number of hydrogen-bond acceptors (Lipinski definition) is 4. The van der Waals surface area contributed by atoms with Gasteiger partial charge in [-0.2, -0.15) is 4.98 Å². The van der Waals surface area contributed by atoms with Crippen molar-refractivity contribution in [3.8, 4) is 11.6 Å². The minimum atomic E-state index is -0.189. The second-order valence-electron chi connectivity index (χ2n) is 3.64. The zero-order valence-corrected chi connectivity index (χ0v) is 9.98. The topological polar surface area (TPSA) is 56.7 Å². The smallest absolute Gasteiger partial charge is 0.278 e. The zero-order valence-electron chi connectivity index (χ0n) is 9.22. The van der Waals surface area contributed by atoms with Gasteiger partial charge in [-0.3, -0.25) is 0 Å². The van der Waals surface area contributed by atoms with E-state index >= 15 is 0 Å². The third kappa shape index (κ3) is 2.24. The summed E-state index contributed by atoms with van der Waals surface area (Å²) in [6.07, 6.45) is 5.33. The van der Waals surface area contributed by atoms with Crippen molar-refractivity contribution in [1.29, 1.82) is 0 Å². The highest BCUT2D eigenvalue weighted by Crippen LogP contribution is 2.24. The molecule has 86 valence electrons. The molecule has 0 bridgehead atoms. The van der Waals surface area contributed by atoms with Gasteiger partial charge in [-0.15, -0.1) is 11.6 Å². The first-order valence-electron chi connectivity index (χ1n) is 5.16. The molecule has 0 fully saturated rings. The van der Waals surface area contributed by atoms with Crippen LogP contribution in [-0.2, 0) is 7.05 Å². The fourth-order valence-corrected chi connectivity index (χ4v) is 1.68. The second kappa shape index (κ2) is 4.65. The lowest BCUT2D eigenvalue weighted by atomic mass is 10.2. The van der Waals surface area contributed by atoms with E-state index in [2.05, 4.69) is 22.0 Å². The molecule has 1 unspecified atom stereocenters. The van der Waals surface area contributed by atoms with Crippen LogP contribution in [0.5, 0.6) is 0 Å². The van der Waals surface area contributed by atoms with Gasteiger partial charge in [-0.1, -0.05) is 18.5 Å². The first-order chi connectivity index (χ1) is 7.70. The van der Waals surface area contributed by atoms with Gasteiger partial charge in [-0.25, -0.2) is 4.98 Å². The van der Waals surface area contributed by atoms with Crippen LogP contribution in [0.15, 0.2) is 17.0 Å². The first kappa shape index (κ1) is 11.1. The highest BCUT2D eigenvalue weighted by Gasteiger charge is 2.16. The van der Waals surface area contributed by atoms with Crippen molar-refractivity contribution in [2.75, 3.05) is 0 Å². The molecule has 0 saturated heterocycles. The average molecular weight is 241 g/mol. The molecule has 2 rings (SSSR count). The lowest BCUT2D eigenvalue weighted by Crippen LogP contribution is -1.92. The summed E-state index contributed by atoms with van der Waals surface area (Å²) in [6, 6.07) is 0. The van der Waals surface area contributed by atoms with Gasteiger partial charge in [0.05, 0.1) is 11.7 Å². The van der Waals surface area contributed by atoms with Crippen molar-refractivity contribution >= 4 is 11.6 Å². The van der Waals surface area contributed by atoms with E-state index in [-0.39, 0.29) is 5.38 Å². The third-order valence-corrected chi connectivity index (χ3v) is 2.60. The molecule has 0 aromatic carbocycles. The summed E-state index contributed by atoms with van der Waals surface area (Å²) in [5, 5.41) is 3.66. The first-order valence-corrected chi connectivity index (χ1v) is 5.60. The van der Waals surface area contributed by atoms with Crippen LogP contribution in [0.4, 0.5) is 0 Å². The van der Waals surface area contributed by atoms with Crippen LogP contribution in [-0.4, -0.2) is 19.7 Å². The Hall–Kier alpha value is -1.36. The lowest BCUT2D eigenvalue weighted by Gasteiger charge is -1.99. The Morgan fingerprint density at radius 2 is 2.38 bits per heavy atom. The number of aryl methyl sites for hydroxylation is 1. The number of aromatic nitrogens is 4. The summed E-state index contributed by atoms with van der Waals surface area (Å²) in [6.45, 7) is 2.06. The predicted octanol–water partition coefficient (Wildman–Crippen LogP) is 2.55. The third-order valence-electron chi connectivity index (χ3n) is 2.19. The lowest BCUT2D eigenvalue weighted by molar-refractivity contribution is 0.419. The maximum absolute atomic E-state index is 6.10. The number of rotatable bonds is 4. The summed E-state index contributed by atoms with van der Waals surface area (Å²) in [4.78, 5) is 8.36. The van der Waals surface area contributed by atoms with E-state index in [0.717, 1.165) is 12.8 Å². The predicted molar refractivity (Wildman–Crippen MR) is 60.0 cm³/mol. The SMILES string of the molecule is CCCC(Cl)c1noc(-c2cn(C)cn2)n1. The highest BCUT2D eigenvalue weighted by molar-refractivity contribution is 6.20. The van der Waals surface area contributed by atoms with Gasteiger partial charge < -0.3 is 9.09 Å². The van der Waals surface area contributed by atoms with Crippen LogP contribution < -0.4 is 0 Å². The van der Waals surface area contributed by atoms with Gasteiger partial charge in [0.2, 0.25) is 0 Å².